The van der Waals surface area contributed by atoms with Gasteiger partial charge in [-0.1, -0.05) is 24.3 Å². The van der Waals surface area contributed by atoms with Crippen LogP contribution in [0.15, 0.2) is 42.6 Å². The van der Waals surface area contributed by atoms with E-state index in [4.69, 9.17) is 12.6 Å². The monoisotopic (exact) mass is 437 g/mol. The van der Waals surface area contributed by atoms with E-state index in [0.717, 1.165) is 38.5 Å². The Labute approximate surface area is 187 Å². The minimum atomic E-state index is -0.296. The molecule has 2 fully saturated rings. The number of hydrogen-bond acceptors (Lipinski definition) is 7. The Balaban J connectivity index is 1.22. The summed E-state index contributed by atoms with van der Waals surface area (Å²) >= 11 is 4.84. The van der Waals surface area contributed by atoms with E-state index in [0.29, 0.717) is 19.4 Å². The molecule has 2 saturated heterocycles. The highest BCUT2D eigenvalue weighted by Crippen LogP contribution is 2.39. The molecule has 162 valence electrons. The zero-order valence-electron chi connectivity index (χ0n) is 17.4. The van der Waals surface area contributed by atoms with Gasteiger partial charge in [-0.25, -0.2) is 4.98 Å². The van der Waals surface area contributed by atoms with Crippen LogP contribution in [0.1, 0.15) is 34.9 Å². The number of fused-ring (bicyclic) bond motifs is 1. The number of imide groups is 1. The summed E-state index contributed by atoms with van der Waals surface area (Å²) in [6.45, 7) is 5.54. The summed E-state index contributed by atoms with van der Waals surface area (Å²) in [5.41, 5.74) is 3.67. The normalized spacial score (nSPS) is 24.9. The number of rotatable bonds is 4. The van der Waals surface area contributed by atoms with Gasteiger partial charge in [-0.05, 0) is 35.2 Å². The van der Waals surface area contributed by atoms with Crippen molar-refractivity contribution < 1.29 is 9.59 Å². The Morgan fingerprint density at radius 1 is 1.10 bits per heavy atom. The summed E-state index contributed by atoms with van der Waals surface area (Å²) in [6.07, 6.45) is 2.79. The number of amides is 2. The van der Waals surface area contributed by atoms with E-state index in [-0.39, 0.29) is 23.2 Å². The summed E-state index contributed by atoms with van der Waals surface area (Å²) in [7, 11) is 0. The van der Waals surface area contributed by atoms with Crippen molar-refractivity contribution in [1.82, 2.24) is 20.1 Å². The topological polar surface area (TPSA) is 68.8 Å². The molecule has 0 aliphatic carbocycles. The first kappa shape index (κ1) is 20.5. The Bertz CT molecular complexity index is 977. The van der Waals surface area contributed by atoms with E-state index < -0.39 is 0 Å². The first-order chi connectivity index (χ1) is 15.1. The molecule has 1 aromatic heterocycles. The number of aromatic nitrogens is 1. The molecule has 5 rings (SSSR count). The summed E-state index contributed by atoms with van der Waals surface area (Å²) in [6, 6.07) is 12.4. The number of carbonyl (C=O) groups is 2. The summed E-state index contributed by atoms with van der Waals surface area (Å²) in [4.78, 5) is 35.2. The molecule has 0 saturated carbocycles. The minimum absolute atomic E-state index is 0.125. The molecule has 7 nitrogen and oxygen atoms in total. The zero-order chi connectivity index (χ0) is 21.4. The second kappa shape index (κ2) is 8.61. The van der Waals surface area contributed by atoms with Crippen LogP contribution in [0.3, 0.4) is 0 Å². The number of nitrogens with zero attached hydrogens (tertiary/aromatic N) is 4. The van der Waals surface area contributed by atoms with Gasteiger partial charge in [0, 0.05) is 51.9 Å². The van der Waals surface area contributed by atoms with E-state index in [2.05, 4.69) is 49.3 Å². The van der Waals surface area contributed by atoms with Gasteiger partial charge in [0.25, 0.3) is 0 Å². The van der Waals surface area contributed by atoms with Crippen LogP contribution < -0.4 is 10.2 Å². The lowest BCUT2D eigenvalue weighted by Gasteiger charge is -2.35. The predicted octanol–water partition coefficient (Wildman–Crippen LogP) is 1.95. The molecule has 4 heterocycles. The van der Waals surface area contributed by atoms with Crippen molar-refractivity contribution in [2.75, 3.05) is 31.1 Å². The van der Waals surface area contributed by atoms with Gasteiger partial charge in [-0.3, -0.25) is 24.7 Å². The van der Waals surface area contributed by atoms with Crippen LogP contribution in [0, 0.1) is 0 Å². The fourth-order valence-electron chi connectivity index (χ4n) is 4.80. The number of piperidine rings is 1. The Morgan fingerprint density at radius 2 is 1.94 bits per heavy atom. The average Bonchev–Trinajstić information content (AvgIpc) is 3.11. The Kier molecular flexibility index (Phi) is 5.69. The maximum absolute atomic E-state index is 12.3. The zero-order valence-corrected chi connectivity index (χ0v) is 18.3. The van der Waals surface area contributed by atoms with E-state index in [9.17, 15) is 9.59 Å². The number of thiol groups is 1. The van der Waals surface area contributed by atoms with Gasteiger partial charge in [0.1, 0.15) is 5.82 Å². The average molecular weight is 438 g/mol. The van der Waals surface area contributed by atoms with Crippen molar-refractivity contribution >= 4 is 30.3 Å². The number of hydrogen-bond donors (Lipinski definition) is 2. The smallest absolute Gasteiger partial charge is 0.243 e. The SMILES string of the molecule is O=C1CCC(N2Cc3ccc(CN4CCN(c5ccccn5)CC4)cc3C2S)C(=O)N1. The fourth-order valence-corrected chi connectivity index (χ4v) is 5.29. The van der Waals surface area contributed by atoms with Gasteiger partial charge in [-0.2, -0.15) is 12.6 Å². The van der Waals surface area contributed by atoms with Gasteiger partial charge < -0.3 is 4.90 Å². The highest BCUT2D eigenvalue weighted by atomic mass is 32.1. The molecule has 3 aliphatic rings. The van der Waals surface area contributed by atoms with Gasteiger partial charge in [0.15, 0.2) is 0 Å². The molecular formula is C23H27N5O2S. The van der Waals surface area contributed by atoms with Crippen LogP contribution in [0.5, 0.6) is 0 Å². The Morgan fingerprint density at radius 3 is 2.68 bits per heavy atom. The summed E-state index contributed by atoms with van der Waals surface area (Å²) in [5, 5.41) is 2.34. The Hall–Kier alpha value is -2.42. The number of piperazine rings is 1. The maximum atomic E-state index is 12.3. The van der Waals surface area contributed by atoms with Gasteiger partial charge >= 0.3 is 0 Å². The van der Waals surface area contributed by atoms with E-state index in [1.807, 2.05) is 18.3 Å². The van der Waals surface area contributed by atoms with Gasteiger partial charge in [-0.15, -0.1) is 0 Å². The number of anilines is 1. The molecule has 2 aromatic rings. The number of nitrogens with one attached hydrogen (secondary N) is 1. The molecule has 1 aromatic carbocycles. The molecule has 3 aliphatic heterocycles. The third-order valence-corrected chi connectivity index (χ3v) is 7.09. The standard InChI is InChI=1S/C23H27N5O2S/c29-21-7-6-19(22(30)25-21)28-15-17-5-4-16(13-18(17)23(28)31)14-26-9-11-27(12-10-26)20-3-1-2-8-24-20/h1-5,8,13,19,23,31H,6-7,9-12,14-15H2,(H,25,29,30). The number of carbonyl (C=O) groups excluding carboxylic acids is 2. The minimum Gasteiger partial charge on any atom is -0.354 e. The van der Waals surface area contributed by atoms with Crippen LogP contribution in [-0.2, 0) is 22.7 Å². The quantitative estimate of drug-likeness (QED) is 0.563. The lowest BCUT2D eigenvalue weighted by atomic mass is 10.0. The maximum Gasteiger partial charge on any atom is 0.243 e. The highest BCUT2D eigenvalue weighted by Gasteiger charge is 2.39. The fraction of sp³-hybridized carbons (Fsp3) is 0.435. The van der Waals surface area contributed by atoms with Crippen molar-refractivity contribution in [3.05, 3.63) is 59.3 Å². The van der Waals surface area contributed by atoms with Crippen LogP contribution >= 0.6 is 12.6 Å². The molecule has 0 bridgehead atoms. The van der Waals surface area contributed by atoms with Crippen LogP contribution in [-0.4, -0.2) is 58.8 Å². The first-order valence-electron chi connectivity index (χ1n) is 10.9. The van der Waals surface area contributed by atoms with Crippen molar-refractivity contribution in [2.45, 2.75) is 37.3 Å². The lowest BCUT2D eigenvalue weighted by molar-refractivity contribution is -0.137. The second-order valence-corrected chi connectivity index (χ2v) is 8.99. The number of benzene rings is 1. The van der Waals surface area contributed by atoms with E-state index in [1.165, 1.54) is 16.7 Å². The molecule has 0 radical (unpaired) electrons. The number of pyridine rings is 1. The van der Waals surface area contributed by atoms with E-state index >= 15 is 0 Å². The largest absolute Gasteiger partial charge is 0.354 e. The van der Waals surface area contributed by atoms with Crippen molar-refractivity contribution in [2.24, 2.45) is 0 Å². The predicted molar refractivity (Wildman–Crippen MR) is 122 cm³/mol. The van der Waals surface area contributed by atoms with Crippen molar-refractivity contribution in [1.29, 1.82) is 0 Å². The third kappa shape index (κ3) is 4.20. The highest BCUT2D eigenvalue weighted by molar-refractivity contribution is 7.80. The third-order valence-electron chi connectivity index (χ3n) is 6.52. The van der Waals surface area contributed by atoms with Gasteiger partial charge in [0.05, 0.1) is 11.4 Å². The lowest BCUT2D eigenvalue weighted by Crippen LogP contribution is -2.51. The molecule has 2 unspecified atom stereocenters. The van der Waals surface area contributed by atoms with Crippen molar-refractivity contribution in [3.63, 3.8) is 0 Å². The van der Waals surface area contributed by atoms with E-state index in [1.54, 1.807) is 0 Å². The van der Waals surface area contributed by atoms with Crippen LogP contribution in [0.4, 0.5) is 5.82 Å². The summed E-state index contributed by atoms with van der Waals surface area (Å²) in [5.74, 6) is 0.666. The molecule has 2 amide bonds. The van der Waals surface area contributed by atoms with Crippen LogP contribution in [0.25, 0.3) is 0 Å². The van der Waals surface area contributed by atoms with Gasteiger partial charge in [0.2, 0.25) is 11.8 Å². The van der Waals surface area contributed by atoms with Crippen molar-refractivity contribution in [3.8, 4) is 0 Å². The molecule has 0 spiro atoms. The molecule has 31 heavy (non-hydrogen) atoms. The second-order valence-electron chi connectivity index (χ2n) is 8.50. The first-order valence-corrected chi connectivity index (χ1v) is 11.4. The molecule has 1 N–H and O–H groups in total. The molecule has 2 atom stereocenters. The summed E-state index contributed by atoms with van der Waals surface area (Å²) < 4.78 is 0. The van der Waals surface area contributed by atoms with Crippen LogP contribution in [0.2, 0.25) is 0 Å². The molecule has 8 heteroatoms. The molecular weight excluding hydrogens is 410 g/mol.